The van der Waals surface area contributed by atoms with Gasteiger partial charge in [-0.05, 0) is 18.2 Å². The number of benzene rings is 1. The number of halogens is 2. The average Bonchev–Trinajstić information content (AvgIpc) is 2.93. The Kier molecular flexibility index (Phi) is 3.82. The Morgan fingerprint density at radius 1 is 1.25 bits per heavy atom. The van der Waals surface area contributed by atoms with Crippen LogP contribution in [0.25, 0.3) is 22.6 Å². The van der Waals surface area contributed by atoms with Gasteiger partial charge in [0.1, 0.15) is 0 Å². The van der Waals surface area contributed by atoms with Gasteiger partial charge in [0.15, 0.2) is 17.4 Å². The van der Waals surface area contributed by atoms with Crippen LogP contribution < -0.4 is 16.2 Å². The minimum absolute atomic E-state index is 0.0259. The van der Waals surface area contributed by atoms with Gasteiger partial charge >= 0.3 is 6.09 Å². The van der Waals surface area contributed by atoms with Gasteiger partial charge in [-0.2, -0.15) is 0 Å². The van der Waals surface area contributed by atoms with Crippen LogP contribution in [0.5, 0.6) is 5.75 Å². The maximum absolute atomic E-state index is 14.1. The number of aromatic nitrogens is 3. The minimum Gasteiger partial charge on any atom is -0.408 e. The molecule has 3 rings (SSSR count). The molecule has 2 heterocycles. The summed E-state index contributed by atoms with van der Waals surface area (Å²) in [5, 5.41) is 0. The predicted octanol–water partition coefficient (Wildman–Crippen LogP) is 2.46. The number of carbonyl (C=O) groups excluding carboxylic acids is 1. The van der Waals surface area contributed by atoms with Crippen LogP contribution in [-0.2, 0) is 0 Å². The maximum atomic E-state index is 14.1. The summed E-state index contributed by atoms with van der Waals surface area (Å²) in [5.74, 6) is -2.18. The molecule has 5 N–H and O–H groups in total. The van der Waals surface area contributed by atoms with Crippen LogP contribution >= 0.6 is 0 Å². The summed E-state index contributed by atoms with van der Waals surface area (Å²) in [4.78, 5) is 21.7. The molecule has 0 atom stereocenters. The van der Waals surface area contributed by atoms with E-state index in [2.05, 4.69) is 15.0 Å². The molecular weight excluding hydrogens is 320 g/mol. The maximum Gasteiger partial charge on any atom is 0.410 e. The van der Waals surface area contributed by atoms with Gasteiger partial charge < -0.3 is 21.2 Å². The van der Waals surface area contributed by atoms with Gasteiger partial charge in [0.2, 0.25) is 5.95 Å². The van der Waals surface area contributed by atoms with Crippen molar-refractivity contribution in [2.75, 3.05) is 5.73 Å². The predicted molar refractivity (Wildman–Crippen MR) is 81.8 cm³/mol. The van der Waals surface area contributed by atoms with Crippen molar-refractivity contribution in [3.05, 3.63) is 48.2 Å². The average molecular weight is 331 g/mol. The van der Waals surface area contributed by atoms with Crippen molar-refractivity contribution in [3.63, 3.8) is 0 Å². The number of hydrogen-bond donors (Lipinski definition) is 3. The highest BCUT2D eigenvalue weighted by molar-refractivity contribution is 5.78. The van der Waals surface area contributed by atoms with E-state index in [9.17, 15) is 13.6 Å². The van der Waals surface area contributed by atoms with Crippen LogP contribution in [0.4, 0.5) is 19.5 Å². The number of hydrogen-bond acceptors (Lipinski definition) is 5. The van der Waals surface area contributed by atoms with E-state index < -0.39 is 17.7 Å². The molecule has 122 valence electrons. The molecule has 0 aliphatic rings. The second kappa shape index (κ2) is 5.95. The smallest absolute Gasteiger partial charge is 0.408 e. The lowest BCUT2D eigenvalue weighted by Crippen LogP contribution is -2.16. The Morgan fingerprint density at radius 2 is 2.04 bits per heavy atom. The number of ether oxygens (including phenoxy) is 1. The zero-order valence-electron chi connectivity index (χ0n) is 12.1. The third-order valence-electron chi connectivity index (χ3n) is 3.16. The molecule has 24 heavy (non-hydrogen) atoms. The summed E-state index contributed by atoms with van der Waals surface area (Å²) >= 11 is 0. The summed E-state index contributed by atoms with van der Waals surface area (Å²) in [6.45, 7) is 0. The lowest BCUT2D eigenvalue weighted by atomic mass is 10.1. The van der Waals surface area contributed by atoms with E-state index in [1.165, 1.54) is 24.4 Å². The molecule has 0 aliphatic heterocycles. The Labute approximate surface area is 134 Å². The fraction of sp³-hybridized carbons (Fsp3) is 0. The molecule has 0 saturated carbocycles. The standard InChI is InChI=1S/C15H11F2N5O2/c16-8-3-1-2-7(12(8)17)13-11(24-15(19)23)6-10(21-13)9-4-5-20-14(18)22-9/h1-6,21H,(H2,19,23)(H2,18,20,22). The van der Waals surface area contributed by atoms with Crippen molar-refractivity contribution in [1.29, 1.82) is 0 Å². The number of nitrogens with zero attached hydrogens (tertiary/aromatic N) is 2. The molecule has 1 amide bonds. The van der Waals surface area contributed by atoms with Crippen molar-refractivity contribution in [2.45, 2.75) is 0 Å². The Bertz CT molecular complexity index is 926. The van der Waals surface area contributed by atoms with Crippen LogP contribution in [0, 0.1) is 11.6 Å². The Hall–Kier alpha value is -3.49. The van der Waals surface area contributed by atoms with E-state index in [4.69, 9.17) is 16.2 Å². The first kappa shape index (κ1) is 15.4. The topological polar surface area (TPSA) is 120 Å². The van der Waals surface area contributed by atoms with Gasteiger partial charge in [0, 0.05) is 17.8 Å². The van der Waals surface area contributed by atoms with Crippen molar-refractivity contribution in [2.24, 2.45) is 5.73 Å². The summed E-state index contributed by atoms with van der Waals surface area (Å²) in [7, 11) is 0. The molecule has 0 unspecified atom stereocenters. The van der Waals surface area contributed by atoms with Crippen LogP contribution in [0.15, 0.2) is 36.5 Å². The number of anilines is 1. The number of aromatic amines is 1. The highest BCUT2D eigenvalue weighted by Crippen LogP contribution is 2.35. The molecule has 1 aromatic carbocycles. The number of carbonyl (C=O) groups is 1. The molecule has 7 nitrogen and oxygen atoms in total. The SMILES string of the molecule is NC(=O)Oc1cc(-c2ccnc(N)n2)[nH]c1-c1cccc(F)c1F. The molecular formula is C15H11F2N5O2. The third-order valence-corrected chi connectivity index (χ3v) is 3.16. The van der Waals surface area contributed by atoms with Crippen molar-refractivity contribution >= 4 is 12.0 Å². The second-order valence-electron chi connectivity index (χ2n) is 4.74. The van der Waals surface area contributed by atoms with E-state index in [0.717, 1.165) is 6.07 Å². The molecule has 0 saturated heterocycles. The Balaban J connectivity index is 2.17. The molecule has 0 radical (unpaired) electrons. The molecule has 0 aliphatic carbocycles. The highest BCUT2D eigenvalue weighted by Gasteiger charge is 2.20. The second-order valence-corrected chi connectivity index (χ2v) is 4.74. The first-order chi connectivity index (χ1) is 11.5. The van der Waals surface area contributed by atoms with Crippen LogP contribution in [0.2, 0.25) is 0 Å². The van der Waals surface area contributed by atoms with Crippen molar-refractivity contribution in [1.82, 2.24) is 15.0 Å². The number of nitrogens with two attached hydrogens (primary N) is 2. The van der Waals surface area contributed by atoms with Gasteiger partial charge in [0.05, 0.1) is 17.1 Å². The van der Waals surface area contributed by atoms with Gasteiger partial charge in [-0.1, -0.05) is 6.07 Å². The van der Waals surface area contributed by atoms with Crippen LogP contribution in [-0.4, -0.2) is 21.0 Å². The first-order valence-corrected chi connectivity index (χ1v) is 6.69. The van der Waals surface area contributed by atoms with Crippen LogP contribution in [0.3, 0.4) is 0 Å². The van der Waals surface area contributed by atoms with E-state index in [1.54, 1.807) is 6.07 Å². The number of rotatable bonds is 3. The fourth-order valence-corrected chi connectivity index (χ4v) is 2.18. The number of nitrogens with one attached hydrogen (secondary N) is 1. The van der Waals surface area contributed by atoms with E-state index in [0.29, 0.717) is 11.4 Å². The summed E-state index contributed by atoms with van der Waals surface area (Å²) in [6.07, 6.45) is 0.330. The van der Waals surface area contributed by atoms with Gasteiger partial charge in [0.25, 0.3) is 0 Å². The van der Waals surface area contributed by atoms with E-state index in [-0.39, 0.29) is 23.0 Å². The van der Waals surface area contributed by atoms with Gasteiger partial charge in [-0.3, -0.25) is 0 Å². The monoisotopic (exact) mass is 331 g/mol. The summed E-state index contributed by atoms with van der Waals surface area (Å²) < 4.78 is 32.4. The quantitative estimate of drug-likeness (QED) is 0.681. The number of primary amides is 1. The lowest BCUT2D eigenvalue weighted by molar-refractivity contribution is 0.211. The minimum atomic E-state index is -1.10. The van der Waals surface area contributed by atoms with E-state index >= 15 is 0 Å². The first-order valence-electron chi connectivity index (χ1n) is 6.69. The van der Waals surface area contributed by atoms with Gasteiger partial charge in [-0.25, -0.2) is 23.5 Å². The lowest BCUT2D eigenvalue weighted by Gasteiger charge is -2.05. The number of H-pyrrole nitrogens is 1. The molecule has 9 heteroatoms. The molecule has 0 bridgehead atoms. The highest BCUT2D eigenvalue weighted by atomic mass is 19.2. The number of amides is 1. The Morgan fingerprint density at radius 3 is 2.75 bits per heavy atom. The molecule has 3 aromatic rings. The van der Waals surface area contributed by atoms with Crippen molar-refractivity contribution < 1.29 is 18.3 Å². The van der Waals surface area contributed by atoms with Gasteiger partial charge in [-0.15, -0.1) is 0 Å². The van der Waals surface area contributed by atoms with Crippen molar-refractivity contribution in [3.8, 4) is 28.4 Å². The normalized spacial score (nSPS) is 10.6. The third kappa shape index (κ3) is 2.86. The summed E-state index contributed by atoms with van der Waals surface area (Å²) in [5.41, 5.74) is 11.2. The zero-order valence-corrected chi connectivity index (χ0v) is 12.1. The molecule has 0 spiro atoms. The molecule has 2 aromatic heterocycles. The van der Waals surface area contributed by atoms with Crippen LogP contribution in [0.1, 0.15) is 0 Å². The number of nitrogen functional groups attached to an aromatic ring is 1. The molecule has 0 fully saturated rings. The zero-order chi connectivity index (χ0) is 17.3. The fourth-order valence-electron chi connectivity index (χ4n) is 2.18. The van der Waals surface area contributed by atoms with E-state index in [1.807, 2.05) is 0 Å². The largest absolute Gasteiger partial charge is 0.410 e. The summed E-state index contributed by atoms with van der Waals surface area (Å²) in [6, 6.07) is 6.55.